The number of hydrogen-bond acceptors (Lipinski definition) is 5. The fourth-order valence-corrected chi connectivity index (χ4v) is 3.36. The lowest BCUT2D eigenvalue weighted by atomic mass is 9.96. The fraction of sp³-hybridized carbons (Fsp3) is 0.261. The van der Waals surface area contributed by atoms with Crippen molar-refractivity contribution in [1.29, 1.82) is 0 Å². The molecule has 1 aromatic carbocycles. The first kappa shape index (κ1) is 21.3. The summed E-state index contributed by atoms with van der Waals surface area (Å²) in [5, 5.41) is 11.0. The van der Waals surface area contributed by atoms with Gasteiger partial charge in [-0.2, -0.15) is 0 Å². The van der Waals surface area contributed by atoms with Gasteiger partial charge in [-0.25, -0.2) is 0 Å². The zero-order chi connectivity index (χ0) is 21.7. The van der Waals surface area contributed by atoms with Gasteiger partial charge in [0.15, 0.2) is 0 Å². The summed E-state index contributed by atoms with van der Waals surface area (Å²) < 4.78 is 5.46. The van der Waals surface area contributed by atoms with Gasteiger partial charge in [0, 0.05) is 18.0 Å². The molecule has 1 aliphatic rings. The van der Waals surface area contributed by atoms with Gasteiger partial charge in [-0.3, -0.25) is 14.6 Å². The number of nitrogens with zero attached hydrogens (tertiary/aromatic N) is 2. The maximum Gasteiger partial charge on any atom is 0.295 e. The number of ketones is 1. The molecule has 2 aromatic rings. The number of likely N-dealkylation sites (N-methyl/N-ethyl adjacent to an activating group) is 1. The molecule has 0 spiro atoms. The highest BCUT2D eigenvalue weighted by atomic mass is 16.5. The summed E-state index contributed by atoms with van der Waals surface area (Å²) in [4.78, 5) is 32.5. The van der Waals surface area contributed by atoms with Gasteiger partial charge in [-0.1, -0.05) is 18.7 Å². The zero-order valence-corrected chi connectivity index (χ0v) is 17.2. The summed E-state index contributed by atoms with van der Waals surface area (Å²) in [5.74, 6) is -0.901. The smallest absolute Gasteiger partial charge is 0.295 e. The number of pyridine rings is 1. The molecule has 1 aromatic heterocycles. The SMILES string of the molecule is C=CCOc1ccc(C(O)=C2C(=O)C(=O)N(CC[NH+](C)C)[C@H]2c2cccnc2)cc1. The van der Waals surface area contributed by atoms with E-state index in [-0.39, 0.29) is 11.3 Å². The normalized spacial score (nSPS) is 18.1. The molecule has 0 bridgehead atoms. The van der Waals surface area contributed by atoms with Crippen molar-refractivity contribution in [2.45, 2.75) is 6.04 Å². The quantitative estimate of drug-likeness (QED) is 0.297. The highest BCUT2D eigenvalue weighted by Gasteiger charge is 2.46. The van der Waals surface area contributed by atoms with E-state index >= 15 is 0 Å². The van der Waals surface area contributed by atoms with Gasteiger partial charge in [0.1, 0.15) is 18.1 Å². The second-order valence-electron chi connectivity index (χ2n) is 7.36. The largest absolute Gasteiger partial charge is 0.507 e. The van der Waals surface area contributed by atoms with Crippen LogP contribution in [0.3, 0.4) is 0 Å². The zero-order valence-electron chi connectivity index (χ0n) is 17.2. The van der Waals surface area contributed by atoms with Crippen molar-refractivity contribution >= 4 is 17.4 Å². The van der Waals surface area contributed by atoms with Crippen LogP contribution in [0, 0.1) is 0 Å². The van der Waals surface area contributed by atoms with Gasteiger partial charge < -0.3 is 19.6 Å². The van der Waals surface area contributed by atoms with E-state index in [2.05, 4.69) is 11.6 Å². The van der Waals surface area contributed by atoms with Crippen molar-refractivity contribution in [3.8, 4) is 5.75 Å². The highest BCUT2D eigenvalue weighted by Crippen LogP contribution is 2.38. The van der Waals surface area contributed by atoms with Crippen molar-refractivity contribution in [2.24, 2.45) is 0 Å². The van der Waals surface area contributed by atoms with Gasteiger partial charge in [0.25, 0.3) is 11.7 Å². The third-order valence-corrected chi connectivity index (χ3v) is 4.89. The van der Waals surface area contributed by atoms with Gasteiger partial charge in [-0.05, 0) is 35.9 Å². The molecule has 0 unspecified atom stereocenters. The number of carbonyl (C=O) groups is 2. The van der Waals surface area contributed by atoms with E-state index in [0.717, 1.165) is 4.90 Å². The van der Waals surface area contributed by atoms with E-state index in [0.29, 0.717) is 36.6 Å². The lowest BCUT2D eigenvalue weighted by Gasteiger charge is -2.25. The molecular weight excluding hydrogens is 382 g/mol. The Balaban J connectivity index is 2.03. The number of Topliss-reactive ketones (excluding diaryl/α,β-unsaturated/α-hetero) is 1. The Morgan fingerprint density at radius 2 is 2.00 bits per heavy atom. The van der Waals surface area contributed by atoms with Crippen molar-refractivity contribution in [1.82, 2.24) is 9.88 Å². The minimum atomic E-state index is -0.693. The maximum absolute atomic E-state index is 12.9. The minimum Gasteiger partial charge on any atom is -0.507 e. The molecule has 7 heteroatoms. The maximum atomic E-state index is 12.9. The van der Waals surface area contributed by atoms with Gasteiger partial charge in [-0.15, -0.1) is 0 Å². The Hall–Kier alpha value is -3.45. The van der Waals surface area contributed by atoms with Crippen LogP contribution in [0.25, 0.3) is 5.76 Å². The predicted octanol–water partition coefficient (Wildman–Crippen LogP) is 1.21. The third kappa shape index (κ3) is 4.41. The molecule has 0 radical (unpaired) electrons. The van der Waals surface area contributed by atoms with E-state index in [9.17, 15) is 14.7 Å². The molecule has 1 fully saturated rings. The average molecular weight is 408 g/mol. The molecule has 0 aliphatic carbocycles. The van der Waals surface area contributed by atoms with Crippen LogP contribution in [-0.4, -0.2) is 60.5 Å². The topological polar surface area (TPSA) is 84.2 Å². The van der Waals surface area contributed by atoms with Crippen LogP contribution in [0.1, 0.15) is 17.2 Å². The number of rotatable bonds is 8. The molecule has 156 valence electrons. The van der Waals surface area contributed by atoms with Crippen LogP contribution >= 0.6 is 0 Å². The summed E-state index contributed by atoms with van der Waals surface area (Å²) in [6.07, 6.45) is 4.88. The van der Waals surface area contributed by atoms with Crippen LogP contribution in [0.4, 0.5) is 0 Å². The number of carbonyl (C=O) groups excluding carboxylic acids is 2. The summed E-state index contributed by atoms with van der Waals surface area (Å²) in [7, 11) is 3.96. The fourth-order valence-electron chi connectivity index (χ4n) is 3.36. The Labute approximate surface area is 175 Å². The number of aliphatic hydroxyl groups excluding tert-OH is 1. The first-order valence-electron chi connectivity index (χ1n) is 9.75. The molecule has 3 rings (SSSR count). The van der Waals surface area contributed by atoms with E-state index < -0.39 is 17.7 Å². The molecule has 1 amide bonds. The number of benzene rings is 1. The summed E-state index contributed by atoms with van der Waals surface area (Å²) in [6, 6.07) is 9.58. The number of hydrogen-bond donors (Lipinski definition) is 2. The van der Waals surface area contributed by atoms with Crippen molar-refractivity contribution in [3.63, 3.8) is 0 Å². The van der Waals surface area contributed by atoms with Crippen molar-refractivity contribution in [2.75, 3.05) is 33.8 Å². The van der Waals surface area contributed by atoms with Crippen LogP contribution in [0.2, 0.25) is 0 Å². The second-order valence-corrected chi connectivity index (χ2v) is 7.36. The third-order valence-electron chi connectivity index (χ3n) is 4.89. The Morgan fingerprint density at radius 1 is 1.27 bits per heavy atom. The van der Waals surface area contributed by atoms with Crippen LogP contribution in [-0.2, 0) is 9.59 Å². The molecule has 1 saturated heterocycles. The molecule has 1 atom stereocenters. The molecule has 7 nitrogen and oxygen atoms in total. The Morgan fingerprint density at radius 3 is 2.60 bits per heavy atom. The monoisotopic (exact) mass is 408 g/mol. The average Bonchev–Trinajstić information content (AvgIpc) is 3.01. The summed E-state index contributed by atoms with van der Waals surface area (Å²) in [5.41, 5.74) is 1.19. The molecule has 1 aliphatic heterocycles. The molecular formula is C23H26N3O4+. The first-order valence-corrected chi connectivity index (χ1v) is 9.75. The Kier molecular flexibility index (Phi) is 6.64. The standard InChI is InChI=1S/C23H25N3O4/c1-4-14-30-18-9-7-16(8-10-18)21(27)19-20(17-6-5-11-24-15-17)26(13-12-25(2)3)23(29)22(19)28/h4-11,15,20,27H,1,12-14H2,2-3H3/p+1/t20-/m0/s1. The van der Waals surface area contributed by atoms with E-state index in [1.807, 2.05) is 14.1 Å². The number of aliphatic hydroxyl groups is 1. The van der Waals surface area contributed by atoms with Gasteiger partial charge in [0.05, 0.1) is 38.8 Å². The predicted molar refractivity (Wildman–Crippen MR) is 113 cm³/mol. The van der Waals surface area contributed by atoms with Crippen molar-refractivity contribution < 1.29 is 24.3 Å². The minimum absolute atomic E-state index is 0.0708. The lowest BCUT2D eigenvalue weighted by molar-refractivity contribution is -0.857. The molecule has 2 N–H and O–H groups in total. The molecule has 2 heterocycles. The van der Waals surface area contributed by atoms with E-state index in [1.54, 1.807) is 54.9 Å². The molecule has 0 saturated carbocycles. The second kappa shape index (κ2) is 9.37. The number of ether oxygens (including phenoxy) is 1. The number of nitrogens with one attached hydrogen (secondary N) is 1. The Bertz CT molecular complexity index is 952. The first-order chi connectivity index (χ1) is 14.4. The van der Waals surface area contributed by atoms with Crippen LogP contribution in [0.15, 0.2) is 67.0 Å². The number of aromatic nitrogens is 1. The van der Waals surface area contributed by atoms with Gasteiger partial charge >= 0.3 is 0 Å². The van der Waals surface area contributed by atoms with Crippen molar-refractivity contribution in [3.05, 3.63) is 78.1 Å². The number of quaternary nitrogens is 1. The lowest BCUT2D eigenvalue weighted by Crippen LogP contribution is -3.06. The van der Waals surface area contributed by atoms with E-state index in [1.165, 1.54) is 4.90 Å². The number of likely N-dealkylation sites (tertiary alicyclic amines) is 1. The molecule has 30 heavy (non-hydrogen) atoms. The van der Waals surface area contributed by atoms with Crippen LogP contribution < -0.4 is 9.64 Å². The highest BCUT2D eigenvalue weighted by molar-refractivity contribution is 6.46. The summed E-state index contributed by atoms with van der Waals surface area (Å²) >= 11 is 0. The van der Waals surface area contributed by atoms with Crippen LogP contribution in [0.5, 0.6) is 5.75 Å². The van der Waals surface area contributed by atoms with Gasteiger partial charge in [0.2, 0.25) is 0 Å². The van der Waals surface area contributed by atoms with E-state index in [4.69, 9.17) is 4.74 Å². The number of amides is 1. The summed E-state index contributed by atoms with van der Waals surface area (Å²) in [6.45, 7) is 5.02.